The van der Waals surface area contributed by atoms with Crippen molar-refractivity contribution in [3.63, 3.8) is 0 Å². The van der Waals surface area contributed by atoms with Gasteiger partial charge in [-0.15, -0.1) is 0 Å². The Labute approximate surface area is 113 Å². The molecule has 0 aromatic carbocycles. The van der Waals surface area contributed by atoms with Crippen LogP contribution in [0.1, 0.15) is 26.2 Å². The molecule has 19 heavy (non-hydrogen) atoms. The number of amides is 2. The first-order valence-corrected chi connectivity index (χ1v) is 6.47. The number of aliphatic hydroxyl groups excluding tert-OH is 1. The first-order valence-electron chi connectivity index (χ1n) is 6.47. The Kier molecular flexibility index (Phi) is 6.52. The van der Waals surface area contributed by atoms with Crippen LogP contribution in [-0.2, 0) is 14.3 Å². The van der Waals surface area contributed by atoms with Crippen molar-refractivity contribution < 1.29 is 19.4 Å². The zero-order valence-corrected chi connectivity index (χ0v) is 11.2. The molecule has 1 rings (SSSR count). The summed E-state index contributed by atoms with van der Waals surface area (Å²) in [6.07, 6.45) is 3.99. The van der Waals surface area contributed by atoms with E-state index >= 15 is 0 Å². The van der Waals surface area contributed by atoms with Crippen molar-refractivity contribution in [2.45, 2.75) is 38.3 Å². The van der Waals surface area contributed by atoms with E-state index in [1.54, 1.807) is 6.92 Å². The fraction of sp³-hybridized carbons (Fsp3) is 0.692. The second-order valence-electron chi connectivity index (χ2n) is 4.97. The molecule has 108 valence electrons. The van der Waals surface area contributed by atoms with E-state index in [-0.39, 0.29) is 37.3 Å². The lowest BCUT2D eigenvalue weighted by atomic mass is 10.0. The van der Waals surface area contributed by atoms with Crippen molar-refractivity contribution in [2.24, 2.45) is 11.7 Å². The maximum atomic E-state index is 11.8. The number of carbonyl (C=O) groups is 2. The lowest BCUT2D eigenvalue weighted by molar-refractivity contribution is -0.124. The Morgan fingerprint density at radius 3 is 2.89 bits per heavy atom. The van der Waals surface area contributed by atoms with Crippen molar-refractivity contribution in [1.82, 2.24) is 5.32 Å². The number of rotatable bonds is 5. The standard InChI is InChI=1S/C13H22N2O4/c1-9(6-12(14)17)7-13(18)15-10-4-2-3-5-19-8-11(10)16/h2-3,9-11,16H,4-8H2,1H3,(H2,14,17)(H,15,18)/t9-,10?,11+/m0/s1. The van der Waals surface area contributed by atoms with Gasteiger partial charge in [0.05, 0.1) is 25.4 Å². The lowest BCUT2D eigenvalue weighted by Crippen LogP contribution is -2.46. The lowest BCUT2D eigenvalue weighted by Gasteiger charge is -2.25. The fourth-order valence-corrected chi connectivity index (χ4v) is 1.99. The summed E-state index contributed by atoms with van der Waals surface area (Å²) in [6.45, 7) is 2.47. The van der Waals surface area contributed by atoms with Gasteiger partial charge in [-0.1, -0.05) is 19.1 Å². The first-order chi connectivity index (χ1) is 8.99. The Hall–Kier alpha value is -1.40. The van der Waals surface area contributed by atoms with Crippen LogP contribution in [0.25, 0.3) is 0 Å². The number of nitrogens with two attached hydrogens (primary N) is 1. The summed E-state index contributed by atoms with van der Waals surface area (Å²) in [7, 11) is 0. The summed E-state index contributed by atoms with van der Waals surface area (Å²) in [5.74, 6) is -0.704. The van der Waals surface area contributed by atoms with E-state index in [0.29, 0.717) is 13.0 Å². The van der Waals surface area contributed by atoms with Gasteiger partial charge in [-0.2, -0.15) is 0 Å². The van der Waals surface area contributed by atoms with E-state index in [0.717, 1.165) is 0 Å². The summed E-state index contributed by atoms with van der Waals surface area (Å²) in [6, 6.07) is -0.357. The first kappa shape index (κ1) is 15.7. The van der Waals surface area contributed by atoms with Crippen LogP contribution in [0.5, 0.6) is 0 Å². The van der Waals surface area contributed by atoms with Crippen LogP contribution < -0.4 is 11.1 Å². The SMILES string of the molecule is C[C@@H](CC(N)=O)CC(=O)NC1CC=CCOC[C@H]1O. The molecule has 0 aromatic rings. The predicted octanol–water partition coefficient (Wildman–Crippen LogP) is -0.290. The topological polar surface area (TPSA) is 102 Å². The molecule has 1 unspecified atom stereocenters. The molecule has 6 heteroatoms. The highest BCUT2D eigenvalue weighted by molar-refractivity contribution is 5.78. The van der Waals surface area contributed by atoms with Crippen molar-refractivity contribution in [2.75, 3.05) is 13.2 Å². The smallest absolute Gasteiger partial charge is 0.220 e. The molecule has 1 heterocycles. The van der Waals surface area contributed by atoms with Crippen LogP contribution in [0.4, 0.5) is 0 Å². The number of hydrogen-bond acceptors (Lipinski definition) is 4. The minimum absolute atomic E-state index is 0.102. The van der Waals surface area contributed by atoms with Gasteiger partial charge in [0, 0.05) is 12.8 Å². The van der Waals surface area contributed by atoms with Crippen molar-refractivity contribution in [3.05, 3.63) is 12.2 Å². The molecule has 6 nitrogen and oxygen atoms in total. The monoisotopic (exact) mass is 270 g/mol. The minimum atomic E-state index is -0.722. The maximum absolute atomic E-state index is 11.8. The van der Waals surface area contributed by atoms with Gasteiger partial charge in [0.25, 0.3) is 0 Å². The molecule has 1 aliphatic rings. The largest absolute Gasteiger partial charge is 0.389 e. The molecular formula is C13H22N2O4. The van der Waals surface area contributed by atoms with Gasteiger partial charge in [0.1, 0.15) is 0 Å². The van der Waals surface area contributed by atoms with Gasteiger partial charge < -0.3 is 20.9 Å². The highest BCUT2D eigenvalue weighted by atomic mass is 16.5. The Morgan fingerprint density at radius 1 is 1.47 bits per heavy atom. The molecule has 0 bridgehead atoms. The average Bonchev–Trinajstić information content (AvgIpc) is 2.27. The van der Waals surface area contributed by atoms with Gasteiger partial charge >= 0.3 is 0 Å². The van der Waals surface area contributed by atoms with E-state index in [1.165, 1.54) is 0 Å². The van der Waals surface area contributed by atoms with E-state index in [2.05, 4.69) is 5.32 Å². The second-order valence-corrected chi connectivity index (χ2v) is 4.97. The van der Waals surface area contributed by atoms with E-state index in [4.69, 9.17) is 10.5 Å². The molecule has 0 radical (unpaired) electrons. The normalized spacial score (nSPS) is 25.2. The van der Waals surface area contributed by atoms with Crippen LogP contribution in [0, 0.1) is 5.92 Å². The summed E-state index contributed by atoms with van der Waals surface area (Å²) in [5.41, 5.74) is 5.08. The zero-order valence-electron chi connectivity index (χ0n) is 11.2. The van der Waals surface area contributed by atoms with Crippen molar-refractivity contribution in [3.8, 4) is 0 Å². The molecule has 0 aromatic heterocycles. The third-order valence-electron chi connectivity index (χ3n) is 2.95. The molecule has 0 aliphatic carbocycles. The molecule has 4 N–H and O–H groups in total. The number of aliphatic hydroxyl groups is 1. The third-order valence-corrected chi connectivity index (χ3v) is 2.95. The summed E-state index contributed by atoms with van der Waals surface area (Å²) < 4.78 is 5.18. The molecule has 0 spiro atoms. The quantitative estimate of drug-likeness (QED) is 0.597. The number of ether oxygens (including phenoxy) is 1. The van der Waals surface area contributed by atoms with E-state index in [9.17, 15) is 14.7 Å². The molecule has 3 atom stereocenters. The Balaban J connectivity index is 2.42. The van der Waals surface area contributed by atoms with Crippen LogP contribution in [0.2, 0.25) is 0 Å². The number of hydrogen-bond donors (Lipinski definition) is 3. The summed E-state index contributed by atoms with van der Waals surface area (Å²) in [5, 5.41) is 12.6. The van der Waals surface area contributed by atoms with Crippen LogP contribution in [0.15, 0.2) is 12.2 Å². The molecule has 0 saturated heterocycles. The number of carbonyl (C=O) groups excluding carboxylic acids is 2. The van der Waals surface area contributed by atoms with Crippen LogP contribution in [0.3, 0.4) is 0 Å². The van der Waals surface area contributed by atoms with E-state index in [1.807, 2.05) is 12.2 Å². The van der Waals surface area contributed by atoms with Gasteiger partial charge in [-0.25, -0.2) is 0 Å². The van der Waals surface area contributed by atoms with Crippen LogP contribution >= 0.6 is 0 Å². The number of primary amides is 1. The Bertz CT molecular complexity index is 344. The summed E-state index contributed by atoms with van der Waals surface area (Å²) >= 11 is 0. The highest BCUT2D eigenvalue weighted by Crippen LogP contribution is 2.09. The highest BCUT2D eigenvalue weighted by Gasteiger charge is 2.22. The van der Waals surface area contributed by atoms with Crippen molar-refractivity contribution in [1.29, 1.82) is 0 Å². The molecule has 2 amide bonds. The maximum Gasteiger partial charge on any atom is 0.220 e. The predicted molar refractivity (Wildman–Crippen MR) is 70.1 cm³/mol. The molecule has 0 fully saturated rings. The van der Waals surface area contributed by atoms with Crippen LogP contribution in [-0.4, -0.2) is 42.3 Å². The minimum Gasteiger partial charge on any atom is -0.389 e. The fourth-order valence-electron chi connectivity index (χ4n) is 1.99. The zero-order chi connectivity index (χ0) is 14.3. The van der Waals surface area contributed by atoms with Gasteiger partial charge in [-0.05, 0) is 12.3 Å². The van der Waals surface area contributed by atoms with Crippen molar-refractivity contribution >= 4 is 11.8 Å². The van der Waals surface area contributed by atoms with Gasteiger partial charge in [-0.3, -0.25) is 9.59 Å². The van der Waals surface area contributed by atoms with E-state index < -0.39 is 12.0 Å². The summed E-state index contributed by atoms with van der Waals surface area (Å²) in [4.78, 5) is 22.5. The Morgan fingerprint density at radius 2 is 2.21 bits per heavy atom. The molecular weight excluding hydrogens is 248 g/mol. The number of nitrogens with one attached hydrogen (secondary N) is 1. The van der Waals surface area contributed by atoms with Gasteiger partial charge in [0.2, 0.25) is 11.8 Å². The third kappa shape index (κ3) is 6.35. The molecule has 1 aliphatic heterocycles. The molecule has 0 saturated carbocycles. The average molecular weight is 270 g/mol. The van der Waals surface area contributed by atoms with Gasteiger partial charge in [0.15, 0.2) is 0 Å². The second kappa shape index (κ2) is 7.91.